The minimum absolute atomic E-state index is 0.358. The van der Waals surface area contributed by atoms with E-state index in [1.807, 2.05) is 30.3 Å². The Hall–Kier alpha value is -2.17. The van der Waals surface area contributed by atoms with Gasteiger partial charge in [-0.25, -0.2) is 0 Å². The topological polar surface area (TPSA) is 58.4 Å². The molecule has 1 aliphatic rings. The van der Waals surface area contributed by atoms with Gasteiger partial charge >= 0.3 is 0 Å². The van der Waals surface area contributed by atoms with E-state index in [1.165, 1.54) is 0 Å². The number of piperazine rings is 1. The Bertz CT molecular complexity index is 649. The lowest BCUT2D eigenvalue weighted by atomic mass is 9.94. The molecule has 1 saturated heterocycles. The Labute approximate surface area is 130 Å². The zero-order chi connectivity index (χ0) is 15.4. The molecule has 0 spiro atoms. The monoisotopic (exact) mass is 295 g/mol. The highest BCUT2D eigenvalue weighted by molar-refractivity contribution is 5.96. The van der Waals surface area contributed by atoms with Gasteiger partial charge in [0.25, 0.3) is 0 Å². The van der Waals surface area contributed by atoms with Crippen LogP contribution in [-0.2, 0) is 6.54 Å². The summed E-state index contributed by atoms with van der Waals surface area (Å²) in [5, 5.41) is 3.35. The fourth-order valence-corrected chi connectivity index (χ4v) is 2.97. The van der Waals surface area contributed by atoms with Gasteiger partial charge in [-0.2, -0.15) is 0 Å². The third kappa shape index (κ3) is 3.18. The summed E-state index contributed by atoms with van der Waals surface area (Å²) in [6.07, 6.45) is 0. The van der Waals surface area contributed by atoms with Gasteiger partial charge in [-0.15, -0.1) is 0 Å². The molecule has 0 aromatic heterocycles. The number of hydrogen-bond acceptors (Lipinski definition) is 3. The Balaban J connectivity index is 2.01. The molecule has 114 valence electrons. The van der Waals surface area contributed by atoms with E-state index in [0.29, 0.717) is 5.56 Å². The first kappa shape index (κ1) is 14.8. The molecular weight excluding hydrogens is 274 g/mol. The average molecular weight is 295 g/mol. The van der Waals surface area contributed by atoms with Gasteiger partial charge in [0.1, 0.15) is 0 Å². The lowest BCUT2D eigenvalue weighted by Crippen LogP contribution is -2.43. The summed E-state index contributed by atoms with van der Waals surface area (Å²) < 4.78 is 0. The zero-order valence-corrected chi connectivity index (χ0v) is 12.6. The van der Waals surface area contributed by atoms with Crippen LogP contribution in [0.15, 0.2) is 48.5 Å². The predicted octanol–water partition coefficient (Wildman–Crippen LogP) is 1.86. The molecule has 0 radical (unpaired) electrons. The van der Waals surface area contributed by atoms with Crippen molar-refractivity contribution in [1.29, 1.82) is 0 Å². The number of carbonyl (C=O) groups excluding carboxylic acids is 1. The fourth-order valence-electron chi connectivity index (χ4n) is 2.97. The highest BCUT2D eigenvalue weighted by Crippen LogP contribution is 2.27. The van der Waals surface area contributed by atoms with Crippen molar-refractivity contribution in [1.82, 2.24) is 10.2 Å². The molecule has 3 rings (SSSR count). The number of nitrogens with two attached hydrogens (primary N) is 1. The lowest BCUT2D eigenvalue weighted by molar-refractivity contribution is 0.0998. The minimum Gasteiger partial charge on any atom is -0.366 e. The van der Waals surface area contributed by atoms with Crippen molar-refractivity contribution in [3.05, 3.63) is 59.7 Å². The molecule has 0 bridgehead atoms. The summed E-state index contributed by atoms with van der Waals surface area (Å²) in [7, 11) is 0. The normalized spacial score (nSPS) is 15.6. The number of rotatable bonds is 4. The molecule has 4 heteroatoms. The van der Waals surface area contributed by atoms with E-state index in [9.17, 15) is 4.79 Å². The van der Waals surface area contributed by atoms with Gasteiger partial charge in [0.05, 0.1) is 0 Å². The first-order chi connectivity index (χ1) is 10.8. The number of amides is 1. The summed E-state index contributed by atoms with van der Waals surface area (Å²) >= 11 is 0. The Morgan fingerprint density at radius 1 is 1.05 bits per heavy atom. The maximum atomic E-state index is 11.8. The van der Waals surface area contributed by atoms with Gasteiger partial charge in [0.15, 0.2) is 0 Å². The summed E-state index contributed by atoms with van der Waals surface area (Å²) in [5.41, 5.74) is 9.47. The molecule has 1 heterocycles. The van der Waals surface area contributed by atoms with Crippen LogP contribution in [0.1, 0.15) is 15.9 Å². The van der Waals surface area contributed by atoms with Crippen LogP contribution >= 0.6 is 0 Å². The van der Waals surface area contributed by atoms with Crippen LogP contribution in [0.25, 0.3) is 11.1 Å². The molecule has 0 unspecified atom stereocenters. The fraction of sp³-hybridized carbons (Fsp3) is 0.278. The predicted molar refractivity (Wildman–Crippen MR) is 88.5 cm³/mol. The van der Waals surface area contributed by atoms with E-state index in [2.05, 4.69) is 28.4 Å². The molecule has 1 amide bonds. The molecule has 0 aliphatic carbocycles. The Morgan fingerprint density at radius 2 is 1.77 bits per heavy atom. The smallest absolute Gasteiger partial charge is 0.249 e. The number of nitrogens with one attached hydrogen (secondary N) is 1. The van der Waals surface area contributed by atoms with Crippen LogP contribution in [0, 0.1) is 0 Å². The van der Waals surface area contributed by atoms with Gasteiger partial charge in [-0.05, 0) is 22.8 Å². The quantitative estimate of drug-likeness (QED) is 0.905. The van der Waals surface area contributed by atoms with Crippen LogP contribution in [0.3, 0.4) is 0 Å². The average Bonchev–Trinajstić information content (AvgIpc) is 2.56. The summed E-state index contributed by atoms with van der Waals surface area (Å²) in [6.45, 7) is 4.70. The van der Waals surface area contributed by atoms with E-state index >= 15 is 0 Å². The van der Waals surface area contributed by atoms with E-state index in [4.69, 9.17) is 5.73 Å². The molecule has 2 aromatic carbocycles. The SMILES string of the molecule is NC(=O)c1cccc(-c2ccccc2)c1CN1CCNCC1. The number of nitrogens with zero attached hydrogens (tertiary/aromatic N) is 1. The number of carbonyl (C=O) groups is 1. The van der Waals surface area contributed by atoms with Crippen LogP contribution in [0.2, 0.25) is 0 Å². The third-order valence-electron chi connectivity index (χ3n) is 4.12. The largest absolute Gasteiger partial charge is 0.366 e. The van der Waals surface area contributed by atoms with Gasteiger partial charge in [0, 0.05) is 38.3 Å². The number of hydrogen-bond donors (Lipinski definition) is 2. The van der Waals surface area contributed by atoms with Crippen molar-refractivity contribution in [3.8, 4) is 11.1 Å². The maximum Gasteiger partial charge on any atom is 0.249 e. The number of primary amides is 1. The zero-order valence-electron chi connectivity index (χ0n) is 12.6. The summed E-state index contributed by atoms with van der Waals surface area (Å²) in [6, 6.07) is 16.0. The second-order valence-electron chi connectivity index (χ2n) is 5.59. The molecular formula is C18H21N3O. The van der Waals surface area contributed by atoms with E-state index in [0.717, 1.165) is 49.4 Å². The molecule has 0 atom stereocenters. The third-order valence-corrected chi connectivity index (χ3v) is 4.12. The van der Waals surface area contributed by atoms with Crippen LogP contribution in [-0.4, -0.2) is 37.0 Å². The molecule has 22 heavy (non-hydrogen) atoms. The van der Waals surface area contributed by atoms with Crippen molar-refractivity contribution >= 4 is 5.91 Å². The molecule has 0 saturated carbocycles. The van der Waals surface area contributed by atoms with Crippen molar-refractivity contribution in [2.75, 3.05) is 26.2 Å². The molecule has 1 aliphatic heterocycles. The Kier molecular flexibility index (Phi) is 4.51. The first-order valence-electron chi connectivity index (χ1n) is 7.66. The van der Waals surface area contributed by atoms with Crippen LogP contribution < -0.4 is 11.1 Å². The van der Waals surface area contributed by atoms with E-state index in [-0.39, 0.29) is 5.91 Å². The van der Waals surface area contributed by atoms with Crippen LogP contribution in [0.4, 0.5) is 0 Å². The van der Waals surface area contributed by atoms with Gasteiger partial charge in [0.2, 0.25) is 5.91 Å². The van der Waals surface area contributed by atoms with E-state index < -0.39 is 0 Å². The summed E-state index contributed by atoms with van der Waals surface area (Å²) in [4.78, 5) is 14.2. The minimum atomic E-state index is -0.358. The first-order valence-corrected chi connectivity index (χ1v) is 7.66. The van der Waals surface area contributed by atoms with Gasteiger partial charge in [-0.1, -0.05) is 42.5 Å². The van der Waals surface area contributed by atoms with E-state index in [1.54, 1.807) is 0 Å². The van der Waals surface area contributed by atoms with Crippen molar-refractivity contribution in [2.45, 2.75) is 6.54 Å². The molecule has 4 nitrogen and oxygen atoms in total. The van der Waals surface area contributed by atoms with Crippen molar-refractivity contribution in [2.24, 2.45) is 5.73 Å². The van der Waals surface area contributed by atoms with Crippen LogP contribution in [0.5, 0.6) is 0 Å². The molecule has 3 N–H and O–H groups in total. The summed E-state index contributed by atoms with van der Waals surface area (Å²) in [5.74, 6) is -0.358. The molecule has 1 fully saturated rings. The highest BCUT2D eigenvalue weighted by atomic mass is 16.1. The van der Waals surface area contributed by atoms with Gasteiger partial charge < -0.3 is 11.1 Å². The van der Waals surface area contributed by atoms with Crippen molar-refractivity contribution in [3.63, 3.8) is 0 Å². The maximum absolute atomic E-state index is 11.8. The second-order valence-corrected chi connectivity index (χ2v) is 5.59. The number of benzene rings is 2. The standard InChI is InChI=1S/C18H21N3O/c19-18(22)16-8-4-7-15(14-5-2-1-3-6-14)17(16)13-21-11-9-20-10-12-21/h1-8,20H,9-13H2,(H2,19,22). The van der Waals surface area contributed by atoms with Gasteiger partial charge in [-0.3, -0.25) is 9.69 Å². The Morgan fingerprint density at radius 3 is 2.45 bits per heavy atom. The molecule has 2 aromatic rings. The lowest BCUT2D eigenvalue weighted by Gasteiger charge is -2.28. The highest BCUT2D eigenvalue weighted by Gasteiger charge is 2.18. The van der Waals surface area contributed by atoms with Crippen molar-refractivity contribution < 1.29 is 4.79 Å². The second kappa shape index (κ2) is 6.73.